The topological polar surface area (TPSA) is 105 Å². The zero-order valence-electron chi connectivity index (χ0n) is 7.87. The van der Waals surface area contributed by atoms with Gasteiger partial charge < -0.3 is 10.5 Å². The van der Waals surface area contributed by atoms with Crippen molar-refractivity contribution in [2.75, 3.05) is 0 Å². The number of hydrogen-bond donors (Lipinski definition) is 2. The molecule has 0 saturated carbocycles. The van der Waals surface area contributed by atoms with Crippen molar-refractivity contribution in [3.8, 4) is 0 Å². The van der Waals surface area contributed by atoms with Crippen molar-refractivity contribution in [1.29, 1.82) is 0 Å². The fourth-order valence-corrected chi connectivity index (χ4v) is 0.594. The quantitative estimate of drug-likeness (QED) is 0.340. The van der Waals surface area contributed by atoms with Crippen molar-refractivity contribution in [2.45, 2.75) is 32.5 Å². The first kappa shape index (κ1) is 11.9. The highest BCUT2D eigenvalue weighted by Crippen LogP contribution is 2.08. The number of primary amides is 1. The zero-order chi connectivity index (χ0) is 10.6. The SMILES string of the molecule is CC(C)(C)OC(=O)C(ON)C(N)=O. The van der Waals surface area contributed by atoms with E-state index < -0.39 is 23.6 Å². The van der Waals surface area contributed by atoms with Crippen LogP contribution >= 0.6 is 0 Å². The Bertz CT molecular complexity index is 209. The van der Waals surface area contributed by atoms with Gasteiger partial charge in [0.1, 0.15) is 5.60 Å². The second-order valence-electron chi connectivity index (χ2n) is 3.45. The number of carbonyl (C=O) groups excluding carboxylic acids is 2. The van der Waals surface area contributed by atoms with Crippen LogP contribution in [0.5, 0.6) is 0 Å². The van der Waals surface area contributed by atoms with E-state index in [0.29, 0.717) is 0 Å². The van der Waals surface area contributed by atoms with E-state index in [2.05, 4.69) is 4.84 Å². The van der Waals surface area contributed by atoms with Gasteiger partial charge in [-0.25, -0.2) is 10.7 Å². The van der Waals surface area contributed by atoms with Crippen LogP contribution in [0.2, 0.25) is 0 Å². The average Bonchev–Trinajstić information content (AvgIpc) is 1.82. The van der Waals surface area contributed by atoms with Crippen LogP contribution in [-0.2, 0) is 19.2 Å². The van der Waals surface area contributed by atoms with E-state index in [9.17, 15) is 9.59 Å². The molecule has 76 valence electrons. The number of rotatable bonds is 3. The first-order valence-electron chi connectivity index (χ1n) is 3.65. The molecule has 0 aromatic carbocycles. The van der Waals surface area contributed by atoms with Crippen LogP contribution in [0, 0.1) is 0 Å². The van der Waals surface area contributed by atoms with Gasteiger partial charge in [0, 0.05) is 0 Å². The van der Waals surface area contributed by atoms with Crippen molar-refractivity contribution in [3.63, 3.8) is 0 Å². The lowest BCUT2D eigenvalue weighted by molar-refractivity contribution is -0.171. The third-order valence-electron chi connectivity index (χ3n) is 1.02. The molecule has 0 aliphatic carbocycles. The smallest absolute Gasteiger partial charge is 0.347 e. The highest BCUT2D eigenvalue weighted by atomic mass is 16.7. The lowest BCUT2D eigenvalue weighted by Crippen LogP contribution is -2.43. The predicted octanol–water partition coefficient (Wildman–Crippen LogP) is -0.928. The molecular formula is C7H14N2O4. The maximum absolute atomic E-state index is 11.1. The summed E-state index contributed by atoms with van der Waals surface area (Å²) in [4.78, 5) is 25.7. The largest absolute Gasteiger partial charge is 0.458 e. The molecule has 0 saturated heterocycles. The summed E-state index contributed by atoms with van der Waals surface area (Å²) in [5, 5.41) is 0. The van der Waals surface area contributed by atoms with Crippen LogP contribution in [-0.4, -0.2) is 23.6 Å². The highest BCUT2D eigenvalue weighted by molar-refractivity contribution is 6.00. The van der Waals surface area contributed by atoms with Gasteiger partial charge in [-0.15, -0.1) is 0 Å². The molecule has 0 spiro atoms. The minimum atomic E-state index is -1.54. The van der Waals surface area contributed by atoms with E-state index in [-0.39, 0.29) is 0 Å². The van der Waals surface area contributed by atoms with Crippen molar-refractivity contribution in [3.05, 3.63) is 0 Å². The summed E-state index contributed by atoms with van der Waals surface area (Å²) in [6.07, 6.45) is -1.54. The van der Waals surface area contributed by atoms with E-state index in [0.717, 1.165) is 0 Å². The van der Waals surface area contributed by atoms with Gasteiger partial charge in [0.2, 0.25) is 0 Å². The number of amides is 1. The molecule has 0 aromatic rings. The molecule has 0 aliphatic rings. The standard InChI is InChI=1S/C7H14N2O4/c1-7(2,3)12-6(11)4(13-9)5(8)10/h4H,9H2,1-3H3,(H2,8,10). The van der Waals surface area contributed by atoms with Crippen molar-refractivity contribution in [2.24, 2.45) is 11.6 Å². The number of esters is 1. The summed E-state index contributed by atoms with van der Waals surface area (Å²) < 4.78 is 4.81. The van der Waals surface area contributed by atoms with Gasteiger partial charge in [-0.1, -0.05) is 0 Å². The molecule has 6 nitrogen and oxygen atoms in total. The monoisotopic (exact) mass is 190 g/mol. The maximum atomic E-state index is 11.1. The molecule has 13 heavy (non-hydrogen) atoms. The Morgan fingerprint density at radius 1 is 1.31 bits per heavy atom. The zero-order valence-corrected chi connectivity index (χ0v) is 7.87. The fraction of sp³-hybridized carbons (Fsp3) is 0.714. The number of ether oxygens (including phenoxy) is 1. The maximum Gasteiger partial charge on any atom is 0.347 e. The van der Waals surface area contributed by atoms with E-state index in [4.69, 9.17) is 16.4 Å². The Kier molecular flexibility index (Phi) is 3.83. The van der Waals surface area contributed by atoms with Gasteiger partial charge in [-0.2, -0.15) is 0 Å². The van der Waals surface area contributed by atoms with Crippen LogP contribution in [0.1, 0.15) is 20.8 Å². The van der Waals surface area contributed by atoms with Gasteiger partial charge in [0.05, 0.1) is 0 Å². The van der Waals surface area contributed by atoms with Crippen LogP contribution < -0.4 is 11.6 Å². The van der Waals surface area contributed by atoms with E-state index in [1.165, 1.54) is 0 Å². The second-order valence-corrected chi connectivity index (χ2v) is 3.45. The van der Waals surface area contributed by atoms with Crippen molar-refractivity contribution < 1.29 is 19.2 Å². The van der Waals surface area contributed by atoms with Gasteiger partial charge in [-0.05, 0) is 20.8 Å². The van der Waals surface area contributed by atoms with Crippen molar-refractivity contribution >= 4 is 11.9 Å². The molecule has 1 atom stereocenters. The summed E-state index contributed by atoms with van der Waals surface area (Å²) in [5.41, 5.74) is 4.12. The van der Waals surface area contributed by atoms with E-state index in [1.54, 1.807) is 20.8 Å². The molecule has 6 heteroatoms. The molecule has 0 bridgehead atoms. The first-order chi connectivity index (χ1) is 5.78. The molecule has 0 aliphatic heterocycles. The normalized spacial score (nSPS) is 13.5. The van der Waals surface area contributed by atoms with Crippen molar-refractivity contribution in [1.82, 2.24) is 0 Å². The third kappa shape index (κ3) is 4.44. The average molecular weight is 190 g/mol. The lowest BCUT2D eigenvalue weighted by atomic mass is 10.2. The van der Waals surface area contributed by atoms with Crippen LogP contribution in [0.4, 0.5) is 0 Å². The van der Waals surface area contributed by atoms with Gasteiger partial charge in [0.25, 0.3) is 12.0 Å². The molecular weight excluding hydrogens is 176 g/mol. The third-order valence-corrected chi connectivity index (χ3v) is 1.02. The minimum absolute atomic E-state index is 0.705. The molecule has 1 amide bonds. The lowest BCUT2D eigenvalue weighted by Gasteiger charge is -2.21. The fourth-order valence-electron chi connectivity index (χ4n) is 0.594. The number of hydrogen-bond acceptors (Lipinski definition) is 5. The Labute approximate surface area is 76.1 Å². The van der Waals surface area contributed by atoms with Gasteiger partial charge >= 0.3 is 5.97 Å². The summed E-state index contributed by atoms with van der Waals surface area (Å²) in [6, 6.07) is 0. The molecule has 0 heterocycles. The van der Waals surface area contributed by atoms with Crippen LogP contribution in [0.25, 0.3) is 0 Å². The highest BCUT2D eigenvalue weighted by Gasteiger charge is 2.29. The Hall–Kier alpha value is -1.14. The Morgan fingerprint density at radius 3 is 2.00 bits per heavy atom. The van der Waals surface area contributed by atoms with Crippen LogP contribution in [0.15, 0.2) is 0 Å². The molecule has 0 aromatic heterocycles. The Morgan fingerprint density at radius 2 is 1.77 bits per heavy atom. The molecule has 0 rings (SSSR count). The van der Waals surface area contributed by atoms with E-state index >= 15 is 0 Å². The summed E-state index contributed by atoms with van der Waals surface area (Å²) in [7, 11) is 0. The summed E-state index contributed by atoms with van der Waals surface area (Å²) >= 11 is 0. The van der Waals surface area contributed by atoms with Gasteiger partial charge in [-0.3, -0.25) is 9.63 Å². The van der Waals surface area contributed by atoms with Crippen LogP contribution in [0.3, 0.4) is 0 Å². The van der Waals surface area contributed by atoms with E-state index in [1.807, 2.05) is 0 Å². The minimum Gasteiger partial charge on any atom is -0.458 e. The molecule has 0 fully saturated rings. The second kappa shape index (κ2) is 4.20. The molecule has 0 radical (unpaired) electrons. The first-order valence-corrected chi connectivity index (χ1v) is 3.65. The number of carbonyl (C=O) groups is 2. The number of nitrogens with two attached hydrogens (primary N) is 2. The summed E-state index contributed by atoms with van der Waals surface area (Å²) in [6.45, 7) is 4.96. The van der Waals surface area contributed by atoms with Gasteiger partial charge in [0.15, 0.2) is 0 Å². The molecule has 1 unspecified atom stereocenters. The Balaban J connectivity index is 4.32. The predicted molar refractivity (Wildman–Crippen MR) is 44.1 cm³/mol. The molecule has 4 N–H and O–H groups in total. The summed E-state index contributed by atoms with van der Waals surface area (Å²) in [5.74, 6) is 2.83.